The molecule has 1 fully saturated rings. The molecule has 2 aromatic rings. The molecule has 2 heterocycles. The summed E-state index contributed by atoms with van der Waals surface area (Å²) in [6.45, 7) is 6.54. The molecule has 1 aliphatic rings. The summed E-state index contributed by atoms with van der Waals surface area (Å²) in [5.41, 5.74) is 2.84. The van der Waals surface area contributed by atoms with Crippen LogP contribution in [0.25, 0.3) is 0 Å². The second-order valence-corrected chi connectivity index (χ2v) is 7.56. The number of aromatic amines is 1. The van der Waals surface area contributed by atoms with Gasteiger partial charge in [-0.2, -0.15) is 0 Å². The van der Waals surface area contributed by atoms with Crippen LogP contribution < -0.4 is 5.43 Å². The number of hydrogen-bond acceptors (Lipinski definition) is 3. The second kappa shape index (κ2) is 8.53. The molecule has 1 atom stereocenters. The van der Waals surface area contributed by atoms with Crippen LogP contribution >= 0.6 is 0 Å². The number of aryl methyl sites for hydroxylation is 2. The van der Waals surface area contributed by atoms with Crippen LogP contribution in [-0.4, -0.2) is 53.4 Å². The highest BCUT2D eigenvalue weighted by atomic mass is 16.2. The summed E-state index contributed by atoms with van der Waals surface area (Å²) < 4.78 is 0. The van der Waals surface area contributed by atoms with Gasteiger partial charge in [0.15, 0.2) is 5.43 Å². The predicted molar refractivity (Wildman–Crippen MR) is 108 cm³/mol. The van der Waals surface area contributed by atoms with Crippen molar-refractivity contribution in [2.24, 2.45) is 0 Å². The lowest BCUT2D eigenvalue weighted by Gasteiger charge is -2.37. The molecule has 0 unspecified atom stereocenters. The monoisotopic (exact) mass is 367 g/mol. The normalized spacial score (nSPS) is 17.7. The molecule has 0 bridgehead atoms. The zero-order valence-electron chi connectivity index (χ0n) is 16.5. The van der Waals surface area contributed by atoms with Gasteiger partial charge in [-0.15, -0.1) is 0 Å². The molecular weight excluding hydrogens is 338 g/mol. The van der Waals surface area contributed by atoms with E-state index in [1.54, 1.807) is 11.8 Å². The van der Waals surface area contributed by atoms with Crippen LogP contribution in [0, 0.1) is 13.8 Å². The number of hydrogen-bond donors (Lipinski definition) is 1. The number of amides is 1. The van der Waals surface area contributed by atoms with Gasteiger partial charge in [-0.3, -0.25) is 9.59 Å². The number of nitrogens with one attached hydrogen (secondary N) is 1. The average Bonchev–Trinajstić information content (AvgIpc) is 2.66. The first kappa shape index (κ1) is 19.4. The Bertz CT molecular complexity index is 844. The Morgan fingerprint density at radius 1 is 1.26 bits per heavy atom. The van der Waals surface area contributed by atoms with Crippen molar-refractivity contribution in [3.8, 4) is 0 Å². The minimum atomic E-state index is -0.197. The van der Waals surface area contributed by atoms with Crippen molar-refractivity contribution >= 4 is 5.91 Å². The zero-order valence-corrected chi connectivity index (χ0v) is 16.5. The van der Waals surface area contributed by atoms with E-state index in [1.807, 2.05) is 20.0 Å². The number of piperidine rings is 1. The Morgan fingerprint density at radius 3 is 2.70 bits per heavy atom. The maximum Gasteiger partial charge on any atom is 0.259 e. The molecular formula is C22H29N3O2. The topological polar surface area (TPSA) is 56.4 Å². The third-order valence-electron chi connectivity index (χ3n) is 5.48. The lowest BCUT2D eigenvalue weighted by molar-refractivity contribution is 0.0617. The number of likely N-dealkylation sites (N-methyl/N-ethyl adjacent to an activating group) is 1. The molecule has 5 nitrogen and oxygen atoms in total. The van der Waals surface area contributed by atoms with Gasteiger partial charge in [0.1, 0.15) is 5.56 Å². The van der Waals surface area contributed by atoms with Gasteiger partial charge in [-0.25, -0.2) is 0 Å². The highest BCUT2D eigenvalue weighted by Crippen LogP contribution is 2.17. The molecule has 1 aromatic heterocycles. The van der Waals surface area contributed by atoms with Crippen molar-refractivity contribution in [1.82, 2.24) is 14.8 Å². The molecule has 3 rings (SSSR count). The number of carbonyl (C=O) groups excluding carboxylic acids is 1. The van der Waals surface area contributed by atoms with Gasteiger partial charge in [-0.1, -0.05) is 30.3 Å². The summed E-state index contributed by atoms with van der Waals surface area (Å²) in [5, 5.41) is 0. The molecule has 5 heteroatoms. The van der Waals surface area contributed by atoms with E-state index in [-0.39, 0.29) is 22.9 Å². The van der Waals surface area contributed by atoms with Gasteiger partial charge in [0.05, 0.1) is 0 Å². The van der Waals surface area contributed by atoms with Crippen molar-refractivity contribution in [2.75, 3.05) is 26.7 Å². The first-order valence-corrected chi connectivity index (χ1v) is 9.69. The minimum Gasteiger partial charge on any atom is -0.362 e. The van der Waals surface area contributed by atoms with E-state index in [2.05, 4.69) is 34.1 Å². The summed E-state index contributed by atoms with van der Waals surface area (Å²) in [5.74, 6) is -0.177. The highest BCUT2D eigenvalue weighted by Gasteiger charge is 2.28. The van der Waals surface area contributed by atoms with E-state index >= 15 is 0 Å². The van der Waals surface area contributed by atoms with Crippen molar-refractivity contribution in [3.05, 3.63) is 69.1 Å². The van der Waals surface area contributed by atoms with E-state index in [0.29, 0.717) is 5.69 Å². The van der Waals surface area contributed by atoms with Gasteiger partial charge in [-0.05, 0) is 45.2 Å². The highest BCUT2D eigenvalue weighted by molar-refractivity contribution is 5.95. The molecule has 0 radical (unpaired) electrons. The summed E-state index contributed by atoms with van der Waals surface area (Å²) in [6.07, 6.45) is 3.06. The molecule has 1 N–H and O–H groups in total. The molecule has 1 aromatic carbocycles. The zero-order chi connectivity index (χ0) is 19.4. The first-order valence-electron chi connectivity index (χ1n) is 9.69. The largest absolute Gasteiger partial charge is 0.362 e. The maximum atomic E-state index is 13.0. The molecule has 0 spiro atoms. The fraction of sp³-hybridized carbons (Fsp3) is 0.455. The number of carbonyl (C=O) groups is 1. The van der Waals surface area contributed by atoms with Crippen LogP contribution in [0.2, 0.25) is 0 Å². The Morgan fingerprint density at radius 2 is 2.00 bits per heavy atom. The van der Waals surface area contributed by atoms with Crippen LogP contribution in [0.3, 0.4) is 0 Å². The van der Waals surface area contributed by atoms with Crippen LogP contribution in [0.5, 0.6) is 0 Å². The Hall–Kier alpha value is -2.40. The standard InChI is InChI=1S/C22H29N3O2/c1-16-14-20(26)21(17(2)23-16)22(27)24(3)19-10-7-12-25(15-19)13-11-18-8-5-4-6-9-18/h4-6,8-9,14,19H,7,10-13,15H2,1-3H3,(H,23,26)/t19-/m0/s1. The number of aromatic nitrogens is 1. The van der Waals surface area contributed by atoms with E-state index in [9.17, 15) is 9.59 Å². The molecule has 1 amide bonds. The average molecular weight is 367 g/mol. The molecule has 144 valence electrons. The van der Waals surface area contributed by atoms with E-state index < -0.39 is 0 Å². The predicted octanol–water partition coefficient (Wildman–Crippen LogP) is 2.77. The molecule has 27 heavy (non-hydrogen) atoms. The fourth-order valence-electron chi connectivity index (χ4n) is 3.94. The molecule has 0 saturated carbocycles. The number of benzene rings is 1. The summed E-state index contributed by atoms with van der Waals surface area (Å²) in [7, 11) is 1.83. The summed E-state index contributed by atoms with van der Waals surface area (Å²) in [4.78, 5) is 32.6. The van der Waals surface area contributed by atoms with E-state index in [1.165, 1.54) is 11.6 Å². The van der Waals surface area contributed by atoms with Gasteiger partial charge in [0, 0.05) is 43.6 Å². The quantitative estimate of drug-likeness (QED) is 0.884. The third kappa shape index (κ3) is 4.66. The molecule has 0 aliphatic carbocycles. The van der Waals surface area contributed by atoms with E-state index in [0.717, 1.165) is 44.6 Å². The summed E-state index contributed by atoms with van der Waals surface area (Å²) in [6, 6.07) is 12.1. The number of nitrogens with zero attached hydrogens (tertiary/aromatic N) is 2. The van der Waals surface area contributed by atoms with Gasteiger partial charge < -0.3 is 14.8 Å². The number of H-pyrrole nitrogens is 1. The van der Waals surface area contributed by atoms with Crippen molar-refractivity contribution < 1.29 is 4.79 Å². The summed E-state index contributed by atoms with van der Waals surface area (Å²) >= 11 is 0. The van der Waals surface area contributed by atoms with Gasteiger partial charge in [0.25, 0.3) is 5.91 Å². The van der Waals surface area contributed by atoms with Gasteiger partial charge >= 0.3 is 0 Å². The molecule has 1 saturated heterocycles. The van der Waals surface area contributed by atoms with Crippen LogP contribution in [-0.2, 0) is 6.42 Å². The van der Waals surface area contributed by atoms with Crippen molar-refractivity contribution in [2.45, 2.75) is 39.2 Å². The van der Waals surface area contributed by atoms with Crippen LogP contribution in [0.4, 0.5) is 0 Å². The van der Waals surface area contributed by atoms with Crippen molar-refractivity contribution in [3.63, 3.8) is 0 Å². The minimum absolute atomic E-state index is 0.141. The Balaban J connectivity index is 1.65. The second-order valence-electron chi connectivity index (χ2n) is 7.56. The smallest absolute Gasteiger partial charge is 0.259 e. The SMILES string of the molecule is Cc1cc(=O)c(C(=O)N(C)[C@H]2CCCN(CCc3ccccc3)C2)c(C)[nH]1. The Kier molecular flexibility index (Phi) is 6.11. The maximum absolute atomic E-state index is 13.0. The van der Waals surface area contributed by atoms with Crippen molar-refractivity contribution in [1.29, 1.82) is 0 Å². The lowest BCUT2D eigenvalue weighted by Crippen LogP contribution is -2.49. The third-order valence-corrected chi connectivity index (χ3v) is 5.48. The van der Waals surface area contributed by atoms with Crippen LogP contribution in [0.15, 0.2) is 41.2 Å². The number of pyridine rings is 1. The first-order chi connectivity index (χ1) is 13.0. The van der Waals surface area contributed by atoms with Crippen LogP contribution in [0.1, 0.15) is 40.2 Å². The fourth-order valence-corrected chi connectivity index (χ4v) is 3.94. The number of likely N-dealkylation sites (tertiary alicyclic amines) is 1. The van der Waals surface area contributed by atoms with E-state index in [4.69, 9.17) is 0 Å². The Labute approximate surface area is 161 Å². The van der Waals surface area contributed by atoms with Gasteiger partial charge in [0.2, 0.25) is 0 Å². The molecule has 1 aliphatic heterocycles. The lowest BCUT2D eigenvalue weighted by atomic mass is 10.0. The number of rotatable bonds is 5.